The van der Waals surface area contributed by atoms with Gasteiger partial charge in [0.05, 0.1) is 5.69 Å². The first-order chi connectivity index (χ1) is 11.9. The summed E-state index contributed by atoms with van der Waals surface area (Å²) in [6.45, 7) is 2.98. The van der Waals surface area contributed by atoms with Crippen LogP contribution in [0.2, 0.25) is 0 Å². The predicted molar refractivity (Wildman–Crippen MR) is 86.7 cm³/mol. The fourth-order valence-corrected chi connectivity index (χ4v) is 3.15. The van der Waals surface area contributed by atoms with Crippen LogP contribution in [0.5, 0.6) is 0 Å². The van der Waals surface area contributed by atoms with Crippen LogP contribution in [0.3, 0.4) is 0 Å². The molecule has 3 aromatic heterocycles. The van der Waals surface area contributed by atoms with Gasteiger partial charge in [-0.15, -0.1) is 10.2 Å². The lowest BCUT2D eigenvalue weighted by atomic mass is 9.93. The second kappa shape index (κ2) is 6.79. The smallest absolute Gasteiger partial charge is 0.206 e. The number of H-pyrrole nitrogens is 1. The Balaban J connectivity index is 1.38. The topological polar surface area (TPSA) is 96.4 Å². The summed E-state index contributed by atoms with van der Waals surface area (Å²) in [5, 5.41) is 14.1. The van der Waals surface area contributed by atoms with Crippen LogP contribution in [0.1, 0.15) is 30.0 Å². The van der Waals surface area contributed by atoms with Gasteiger partial charge in [-0.25, -0.2) is 0 Å². The van der Waals surface area contributed by atoms with Crippen molar-refractivity contribution in [3.63, 3.8) is 0 Å². The number of piperidine rings is 1. The number of hydrogen-bond acceptors (Lipinski definition) is 7. The molecule has 1 aliphatic heterocycles. The summed E-state index contributed by atoms with van der Waals surface area (Å²) in [7, 11) is 0. The van der Waals surface area contributed by atoms with Crippen molar-refractivity contribution in [3.05, 3.63) is 48.3 Å². The minimum Gasteiger partial charge on any atom is -0.299 e. The highest BCUT2D eigenvalue weighted by Crippen LogP contribution is 2.27. The van der Waals surface area contributed by atoms with E-state index in [2.05, 4.69) is 46.5 Å². The first kappa shape index (κ1) is 14.8. The van der Waals surface area contributed by atoms with E-state index in [1.807, 2.05) is 12.4 Å². The van der Waals surface area contributed by atoms with Crippen LogP contribution in [0.25, 0.3) is 11.4 Å². The molecule has 0 aliphatic carbocycles. The Morgan fingerprint density at radius 1 is 1.08 bits per heavy atom. The molecule has 1 N–H and O–H groups in total. The first-order valence-electron chi connectivity index (χ1n) is 8.04. The molecule has 0 amide bonds. The highest BCUT2D eigenvalue weighted by atomic mass is 15.5. The Labute approximate surface area is 139 Å². The van der Waals surface area contributed by atoms with Gasteiger partial charge in [0.15, 0.2) is 0 Å². The van der Waals surface area contributed by atoms with Crippen LogP contribution in [0.4, 0.5) is 0 Å². The first-order valence-corrected chi connectivity index (χ1v) is 8.04. The monoisotopic (exact) mass is 322 g/mol. The van der Waals surface area contributed by atoms with Crippen molar-refractivity contribution in [1.29, 1.82) is 0 Å². The zero-order valence-corrected chi connectivity index (χ0v) is 13.2. The standard InChI is InChI=1S/C16H18N8/c1-5-24(6-2-13(1)15-10-17-3-4-19-15)11-12-7-14(9-18-8-12)16-20-22-23-21-16/h3-4,7-10,13H,1-2,5-6,11H2,(H,20,21,22,23). The van der Waals surface area contributed by atoms with E-state index >= 15 is 0 Å². The third kappa shape index (κ3) is 3.28. The van der Waals surface area contributed by atoms with Gasteiger partial charge in [0.25, 0.3) is 0 Å². The Morgan fingerprint density at radius 3 is 2.75 bits per heavy atom. The van der Waals surface area contributed by atoms with Gasteiger partial charge in [-0.3, -0.25) is 19.9 Å². The third-order valence-electron chi connectivity index (χ3n) is 4.39. The maximum absolute atomic E-state index is 4.44. The molecule has 3 aromatic rings. The van der Waals surface area contributed by atoms with E-state index in [1.54, 1.807) is 18.6 Å². The van der Waals surface area contributed by atoms with Crippen LogP contribution in [0, 0.1) is 0 Å². The number of hydrogen-bond donors (Lipinski definition) is 1. The van der Waals surface area contributed by atoms with Crippen molar-refractivity contribution in [2.45, 2.75) is 25.3 Å². The van der Waals surface area contributed by atoms with Crippen LogP contribution in [-0.2, 0) is 6.54 Å². The fraction of sp³-hybridized carbons (Fsp3) is 0.375. The van der Waals surface area contributed by atoms with E-state index in [0.29, 0.717) is 11.7 Å². The molecule has 24 heavy (non-hydrogen) atoms. The van der Waals surface area contributed by atoms with Crippen LogP contribution < -0.4 is 0 Å². The van der Waals surface area contributed by atoms with Crippen LogP contribution in [-0.4, -0.2) is 53.6 Å². The van der Waals surface area contributed by atoms with Gasteiger partial charge in [0.1, 0.15) is 0 Å². The number of nitrogens with one attached hydrogen (secondary N) is 1. The van der Waals surface area contributed by atoms with E-state index in [9.17, 15) is 0 Å². The van der Waals surface area contributed by atoms with Crippen molar-refractivity contribution < 1.29 is 0 Å². The van der Waals surface area contributed by atoms with Crippen LogP contribution >= 0.6 is 0 Å². The lowest BCUT2D eigenvalue weighted by molar-refractivity contribution is 0.203. The Hall–Kier alpha value is -2.74. The molecule has 1 saturated heterocycles. The maximum atomic E-state index is 4.44. The van der Waals surface area contributed by atoms with Gasteiger partial charge in [-0.05, 0) is 42.8 Å². The molecule has 122 valence electrons. The number of aromatic nitrogens is 7. The van der Waals surface area contributed by atoms with Gasteiger partial charge >= 0.3 is 0 Å². The number of pyridine rings is 1. The molecule has 8 heteroatoms. The number of tetrazole rings is 1. The molecule has 4 heterocycles. The van der Waals surface area contributed by atoms with Crippen molar-refractivity contribution in [1.82, 2.24) is 40.5 Å². The lowest BCUT2D eigenvalue weighted by Crippen LogP contribution is -2.32. The van der Waals surface area contributed by atoms with Gasteiger partial charge in [0.2, 0.25) is 5.82 Å². The molecule has 0 radical (unpaired) electrons. The minimum atomic E-state index is 0.513. The predicted octanol–water partition coefficient (Wildman–Crippen LogP) is 1.43. The lowest BCUT2D eigenvalue weighted by Gasteiger charge is -2.31. The van der Waals surface area contributed by atoms with Gasteiger partial charge in [-0.2, -0.15) is 5.21 Å². The fourth-order valence-electron chi connectivity index (χ4n) is 3.15. The van der Waals surface area contributed by atoms with E-state index in [1.165, 1.54) is 0 Å². The maximum Gasteiger partial charge on any atom is 0.206 e. The summed E-state index contributed by atoms with van der Waals surface area (Å²) in [5.41, 5.74) is 3.16. The molecule has 4 rings (SSSR count). The van der Waals surface area contributed by atoms with E-state index in [4.69, 9.17) is 0 Å². The van der Waals surface area contributed by atoms with Gasteiger partial charge < -0.3 is 0 Å². The molecule has 0 saturated carbocycles. The molecular formula is C16H18N8. The van der Waals surface area contributed by atoms with E-state index in [-0.39, 0.29) is 0 Å². The largest absolute Gasteiger partial charge is 0.299 e. The molecule has 0 unspecified atom stereocenters. The van der Waals surface area contributed by atoms with Gasteiger partial charge in [0, 0.05) is 49.0 Å². The quantitative estimate of drug-likeness (QED) is 0.776. The summed E-state index contributed by atoms with van der Waals surface area (Å²) in [6, 6.07) is 2.08. The molecule has 0 bridgehead atoms. The minimum absolute atomic E-state index is 0.513. The highest BCUT2D eigenvalue weighted by Gasteiger charge is 2.21. The molecule has 8 nitrogen and oxygen atoms in total. The van der Waals surface area contributed by atoms with Crippen molar-refractivity contribution in [2.24, 2.45) is 0 Å². The van der Waals surface area contributed by atoms with Crippen molar-refractivity contribution >= 4 is 0 Å². The average Bonchev–Trinajstić information content (AvgIpc) is 3.18. The summed E-state index contributed by atoms with van der Waals surface area (Å²) in [6.07, 6.45) is 11.3. The average molecular weight is 322 g/mol. The molecule has 0 aromatic carbocycles. The summed E-state index contributed by atoms with van der Waals surface area (Å²) in [5.74, 6) is 1.09. The Kier molecular flexibility index (Phi) is 4.20. The molecule has 0 atom stereocenters. The summed E-state index contributed by atoms with van der Waals surface area (Å²) in [4.78, 5) is 15.4. The zero-order chi connectivity index (χ0) is 16.2. The third-order valence-corrected chi connectivity index (χ3v) is 4.39. The Morgan fingerprint density at radius 2 is 2.00 bits per heavy atom. The number of likely N-dealkylation sites (tertiary alicyclic amines) is 1. The van der Waals surface area contributed by atoms with E-state index in [0.717, 1.165) is 49.3 Å². The summed E-state index contributed by atoms with van der Waals surface area (Å²) < 4.78 is 0. The van der Waals surface area contributed by atoms with Crippen molar-refractivity contribution in [3.8, 4) is 11.4 Å². The Bertz CT molecular complexity index is 766. The molecule has 1 fully saturated rings. The SMILES string of the molecule is c1cnc(C2CCN(Cc3cncc(-c4nn[nH]n4)c3)CC2)cn1. The molecule has 0 spiro atoms. The number of rotatable bonds is 4. The number of aromatic amines is 1. The molecular weight excluding hydrogens is 304 g/mol. The highest BCUT2D eigenvalue weighted by molar-refractivity contribution is 5.52. The van der Waals surface area contributed by atoms with Crippen molar-refractivity contribution in [2.75, 3.05) is 13.1 Å². The van der Waals surface area contributed by atoms with Crippen LogP contribution in [0.15, 0.2) is 37.1 Å². The summed E-state index contributed by atoms with van der Waals surface area (Å²) >= 11 is 0. The normalized spacial score (nSPS) is 16.3. The van der Waals surface area contributed by atoms with E-state index < -0.39 is 0 Å². The number of nitrogens with zero attached hydrogens (tertiary/aromatic N) is 7. The second-order valence-corrected chi connectivity index (χ2v) is 6.00. The second-order valence-electron chi connectivity index (χ2n) is 6.00. The molecule has 1 aliphatic rings. The zero-order valence-electron chi connectivity index (χ0n) is 13.2. The van der Waals surface area contributed by atoms with Gasteiger partial charge in [-0.1, -0.05) is 0 Å².